The van der Waals surface area contributed by atoms with Gasteiger partial charge in [-0.15, -0.1) is 0 Å². The zero-order chi connectivity index (χ0) is 17.2. The summed E-state index contributed by atoms with van der Waals surface area (Å²) in [6.07, 6.45) is 0. The number of fused-ring (bicyclic) bond motifs is 1. The van der Waals surface area contributed by atoms with Crippen molar-refractivity contribution in [1.29, 1.82) is 0 Å². The van der Waals surface area contributed by atoms with Gasteiger partial charge in [-0.05, 0) is 36.4 Å². The molecule has 1 aromatic heterocycles. The molecular weight excluding hydrogens is 336 g/mol. The number of benzene rings is 3. The molecule has 0 fully saturated rings. The lowest BCUT2D eigenvalue weighted by Crippen LogP contribution is -1.96. The van der Waals surface area contributed by atoms with Gasteiger partial charge in [0, 0.05) is 0 Å². The Morgan fingerprint density at radius 3 is 2.36 bits per heavy atom. The Hall–Kier alpha value is -3.11. The number of para-hydroxylation sites is 3. The topological polar surface area (TPSA) is 55.2 Å². The molecule has 25 heavy (non-hydrogen) atoms. The van der Waals surface area contributed by atoms with E-state index in [1.165, 1.54) is 0 Å². The first-order valence-corrected chi connectivity index (χ1v) is 8.08. The van der Waals surface area contributed by atoms with Crippen molar-refractivity contribution < 1.29 is 9.84 Å². The molecule has 0 spiro atoms. The summed E-state index contributed by atoms with van der Waals surface area (Å²) < 4.78 is 5.96. The van der Waals surface area contributed by atoms with Crippen LogP contribution in [-0.2, 0) is 0 Å². The van der Waals surface area contributed by atoms with E-state index in [2.05, 4.69) is 9.97 Å². The summed E-state index contributed by atoms with van der Waals surface area (Å²) in [7, 11) is 0. The predicted molar refractivity (Wildman–Crippen MR) is 98.2 cm³/mol. The lowest BCUT2D eigenvalue weighted by molar-refractivity contribution is 0.467. The van der Waals surface area contributed by atoms with Crippen LogP contribution in [0, 0.1) is 0 Å². The first-order valence-electron chi connectivity index (χ1n) is 7.70. The lowest BCUT2D eigenvalue weighted by Gasteiger charge is -2.11. The predicted octanol–water partition coefficient (Wildman–Crippen LogP) is 5.45. The molecule has 0 atom stereocenters. The molecule has 0 aliphatic rings. The number of phenolic OH excluding ortho intramolecular Hbond substituents is 1. The van der Waals surface area contributed by atoms with Crippen molar-refractivity contribution in [3.63, 3.8) is 0 Å². The molecule has 5 heteroatoms. The SMILES string of the molecule is Oc1ccccc1-c1nc(Oc2ccccc2Cl)c2ccccc2n1. The van der Waals surface area contributed by atoms with Crippen LogP contribution >= 0.6 is 11.6 Å². The summed E-state index contributed by atoms with van der Waals surface area (Å²) in [4.78, 5) is 9.06. The monoisotopic (exact) mass is 348 g/mol. The van der Waals surface area contributed by atoms with Gasteiger partial charge in [-0.1, -0.05) is 48.0 Å². The summed E-state index contributed by atoms with van der Waals surface area (Å²) >= 11 is 6.20. The normalized spacial score (nSPS) is 10.8. The molecule has 4 aromatic rings. The molecule has 3 aromatic carbocycles. The maximum atomic E-state index is 10.1. The number of aromatic nitrogens is 2. The molecular formula is C20H13ClN2O2. The summed E-state index contributed by atoms with van der Waals surface area (Å²) in [5, 5.41) is 11.4. The van der Waals surface area contributed by atoms with Crippen LogP contribution in [0.1, 0.15) is 0 Å². The molecule has 0 bridgehead atoms. The minimum absolute atomic E-state index is 0.112. The molecule has 0 aliphatic heterocycles. The van der Waals surface area contributed by atoms with Crippen LogP contribution in [-0.4, -0.2) is 15.1 Å². The second-order valence-corrected chi connectivity index (χ2v) is 5.83. The van der Waals surface area contributed by atoms with Crippen LogP contribution in [0.5, 0.6) is 17.4 Å². The van der Waals surface area contributed by atoms with E-state index in [1.807, 2.05) is 42.5 Å². The third kappa shape index (κ3) is 2.99. The van der Waals surface area contributed by atoms with Crippen molar-refractivity contribution in [3.05, 3.63) is 77.8 Å². The highest BCUT2D eigenvalue weighted by Gasteiger charge is 2.14. The van der Waals surface area contributed by atoms with E-state index in [4.69, 9.17) is 16.3 Å². The van der Waals surface area contributed by atoms with E-state index in [-0.39, 0.29) is 5.75 Å². The van der Waals surface area contributed by atoms with Crippen LogP contribution in [0.3, 0.4) is 0 Å². The minimum atomic E-state index is 0.112. The molecule has 0 saturated heterocycles. The van der Waals surface area contributed by atoms with Gasteiger partial charge in [0.1, 0.15) is 11.5 Å². The van der Waals surface area contributed by atoms with E-state index in [0.29, 0.717) is 28.0 Å². The van der Waals surface area contributed by atoms with Crippen molar-refractivity contribution in [2.45, 2.75) is 0 Å². The van der Waals surface area contributed by atoms with E-state index in [9.17, 15) is 5.11 Å². The van der Waals surface area contributed by atoms with Gasteiger partial charge in [-0.3, -0.25) is 0 Å². The smallest absolute Gasteiger partial charge is 0.230 e. The maximum absolute atomic E-state index is 10.1. The van der Waals surface area contributed by atoms with E-state index in [1.54, 1.807) is 30.3 Å². The van der Waals surface area contributed by atoms with Crippen molar-refractivity contribution in [2.24, 2.45) is 0 Å². The third-order valence-corrected chi connectivity index (χ3v) is 4.07. The highest BCUT2D eigenvalue weighted by atomic mass is 35.5. The highest BCUT2D eigenvalue weighted by Crippen LogP contribution is 2.34. The van der Waals surface area contributed by atoms with Gasteiger partial charge in [-0.2, -0.15) is 4.98 Å². The van der Waals surface area contributed by atoms with Crippen molar-refractivity contribution in [3.8, 4) is 28.8 Å². The quantitative estimate of drug-likeness (QED) is 0.535. The Kier molecular flexibility index (Phi) is 3.96. The number of rotatable bonds is 3. The third-order valence-electron chi connectivity index (χ3n) is 3.76. The van der Waals surface area contributed by atoms with E-state index in [0.717, 1.165) is 10.9 Å². The minimum Gasteiger partial charge on any atom is -0.507 e. The van der Waals surface area contributed by atoms with E-state index >= 15 is 0 Å². The fourth-order valence-electron chi connectivity index (χ4n) is 2.54. The fraction of sp³-hybridized carbons (Fsp3) is 0. The highest BCUT2D eigenvalue weighted by molar-refractivity contribution is 6.32. The average molecular weight is 349 g/mol. The molecule has 4 nitrogen and oxygen atoms in total. The molecule has 1 N–H and O–H groups in total. The van der Waals surface area contributed by atoms with Crippen LogP contribution in [0.25, 0.3) is 22.3 Å². The molecule has 0 radical (unpaired) electrons. The summed E-state index contributed by atoms with van der Waals surface area (Å²) in [6.45, 7) is 0. The molecule has 122 valence electrons. The zero-order valence-electron chi connectivity index (χ0n) is 13.1. The first kappa shape index (κ1) is 15.4. The molecule has 0 saturated carbocycles. The van der Waals surface area contributed by atoms with Gasteiger partial charge in [-0.25, -0.2) is 4.98 Å². The molecule has 0 unspecified atom stereocenters. The van der Waals surface area contributed by atoms with Crippen LogP contribution in [0.4, 0.5) is 0 Å². The number of nitrogens with zero attached hydrogens (tertiary/aromatic N) is 2. The zero-order valence-corrected chi connectivity index (χ0v) is 13.8. The van der Waals surface area contributed by atoms with Crippen LogP contribution < -0.4 is 4.74 Å². The van der Waals surface area contributed by atoms with Crippen molar-refractivity contribution >= 4 is 22.5 Å². The lowest BCUT2D eigenvalue weighted by atomic mass is 10.1. The Bertz CT molecular complexity index is 1070. The van der Waals surface area contributed by atoms with Gasteiger partial charge in [0.25, 0.3) is 0 Å². The number of hydrogen-bond acceptors (Lipinski definition) is 4. The van der Waals surface area contributed by atoms with Gasteiger partial charge >= 0.3 is 0 Å². The molecule has 0 amide bonds. The summed E-state index contributed by atoms with van der Waals surface area (Å²) in [5.41, 5.74) is 1.26. The number of hydrogen-bond donors (Lipinski definition) is 1. The number of halogens is 1. The van der Waals surface area contributed by atoms with Gasteiger partial charge in [0.2, 0.25) is 5.88 Å². The largest absolute Gasteiger partial charge is 0.507 e. The van der Waals surface area contributed by atoms with Crippen LogP contribution in [0.15, 0.2) is 72.8 Å². The molecule has 4 rings (SSSR count). The Morgan fingerprint density at radius 2 is 1.52 bits per heavy atom. The summed E-state index contributed by atoms with van der Waals surface area (Å²) in [5.74, 6) is 1.40. The van der Waals surface area contributed by atoms with Gasteiger partial charge in [0.05, 0.1) is 21.5 Å². The number of aromatic hydroxyl groups is 1. The first-order chi connectivity index (χ1) is 12.2. The van der Waals surface area contributed by atoms with Crippen molar-refractivity contribution in [1.82, 2.24) is 9.97 Å². The standard InChI is InChI=1S/C20H13ClN2O2/c21-15-9-3-6-12-18(15)25-20-13-7-1-4-10-16(13)22-19(23-20)14-8-2-5-11-17(14)24/h1-12,24H. The van der Waals surface area contributed by atoms with Gasteiger partial charge in [0.15, 0.2) is 5.82 Å². The number of ether oxygens (including phenoxy) is 1. The van der Waals surface area contributed by atoms with Gasteiger partial charge < -0.3 is 9.84 Å². The Labute approximate surface area is 149 Å². The summed E-state index contributed by atoms with van der Waals surface area (Å²) in [6, 6.07) is 21.7. The molecule has 1 heterocycles. The van der Waals surface area contributed by atoms with Crippen LogP contribution in [0.2, 0.25) is 5.02 Å². The fourth-order valence-corrected chi connectivity index (χ4v) is 2.71. The Balaban J connectivity index is 1.91. The maximum Gasteiger partial charge on any atom is 0.230 e. The second kappa shape index (κ2) is 6.42. The average Bonchev–Trinajstić information content (AvgIpc) is 2.64. The van der Waals surface area contributed by atoms with E-state index < -0.39 is 0 Å². The number of phenols is 1. The second-order valence-electron chi connectivity index (χ2n) is 5.42. The Morgan fingerprint density at radius 1 is 0.800 bits per heavy atom. The van der Waals surface area contributed by atoms with Crippen molar-refractivity contribution in [2.75, 3.05) is 0 Å². The molecule has 0 aliphatic carbocycles.